The van der Waals surface area contributed by atoms with Crippen molar-refractivity contribution in [2.75, 3.05) is 4.90 Å². The average molecular weight is 689 g/mol. The summed E-state index contributed by atoms with van der Waals surface area (Å²) in [5.41, 5.74) is 16.3. The average Bonchev–Trinajstić information content (AvgIpc) is 3.76. The second-order valence-electron chi connectivity index (χ2n) is 14.5. The summed E-state index contributed by atoms with van der Waals surface area (Å²) in [5.74, 6) is 0. The molecule has 2 heterocycles. The maximum absolute atomic E-state index is 2.57. The van der Waals surface area contributed by atoms with Gasteiger partial charge >= 0.3 is 0 Å². The summed E-state index contributed by atoms with van der Waals surface area (Å²) < 4.78 is 2.41. The van der Waals surface area contributed by atoms with Crippen LogP contribution in [0.25, 0.3) is 71.7 Å². The Morgan fingerprint density at radius 3 is 1.93 bits per heavy atom. The second kappa shape index (κ2) is 12.4. The normalized spacial score (nSPS) is 15.0. The molecular weight excluding hydrogens is 653 g/mol. The topological polar surface area (TPSA) is 8.17 Å². The van der Waals surface area contributed by atoms with Crippen molar-refractivity contribution in [3.8, 4) is 27.9 Å². The molecule has 0 bridgehead atoms. The highest BCUT2D eigenvalue weighted by molar-refractivity contribution is 6.11. The second-order valence-corrected chi connectivity index (χ2v) is 14.5. The molecule has 2 nitrogen and oxygen atoms in total. The van der Waals surface area contributed by atoms with E-state index in [1.165, 1.54) is 88.5 Å². The van der Waals surface area contributed by atoms with Crippen molar-refractivity contribution < 1.29 is 0 Å². The smallest absolute Gasteiger partial charge is 0.0633 e. The Balaban J connectivity index is 0.964. The van der Waals surface area contributed by atoms with Crippen LogP contribution in [0.1, 0.15) is 17.5 Å². The van der Waals surface area contributed by atoms with Crippen LogP contribution in [0.5, 0.6) is 0 Å². The summed E-state index contributed by atoms with van der Waals surface area (Å²) in [6.07, 6.45) is 5.84. The van der Waals surface area contributed by atoms with Crippen LogP contribution in [0.2, 0.25) is 0 Å². The van der Waals surface area contributed by atoms with E-state index in [0.29, 0.717) is 0 Å². The van der Waals surface area contributed by atoms with E-state index in [2.05, 4.69) is 210 Å². The Labute approximate surface area is 315 Å². The van der Waals surface area contributed by atoms with E-state index < -0.39 is 0 Å². The van der Waals surface area contributed by atoms with Crippen molar-refractivity contribution in [2.45, 2.75) is 12.5 Å². The standard InChI is InChI=1S/C52H36N2/c1-2-12-35(13-3-1)38-16-10-17-39(32-38)36-24-28-42(29-25-36)53-49-21-8-6-19-44(49)46-33-40(26-30-51(46)53)41-27-31-52-47(34-41)45-20-7-9-22-50(45)54(52)48-23-11-15-37-14-4-5-18-43(37)48/h1-30,32-34,52H,31H2. The van der Waals surface area contributed by atoms with Crippen LogP contribution in [0.4, 0.5) is 11.4 Å². The Morgan fingerprint density at radius 1 is 0.426 bits per heavy atom. The van der Waals surface area contributed by atoms with Crippen molar-refractivity contribution in [1.29, 1.82) is 0 Å². The molecule has 1 aromatic heterocycles. The predicted molar refractivity (Wildman–Crippen MR) is 229 cm³/mol. The van der Waals surface area contributed by atoms with Gasteiger partial charge in [-0.15, -0.1) is 0 Å². The minimum absolute atomic E-state index is 0.256. The maximum atomic E-state index is 2.57. The minimum atomic E-state index is 0.256. The third kappa shape index (κ3) is 4.88. The fraction of sp³-hybridized carbons (Fsp3) is 0.0385. The summed E-state index contributed by atoms with van der Waals surface area (Å²) in [6.45, 7) is 0. The van der Waals surface area contributed by atoms with Gasteiger partial charge in [-0.25, -0.2) is 0 Å². The molecule has 1 atom stereocenters. The van der Waals surface area contributed by atoms with Crippen molar-refractivity contribution in [1.82, 2.24) is 4.57 Å². The zero-order valence-corrected chi connectivity index (χ0v) is 29.7. The van der Waals surface area contributed by atoms with E-state index in [1.807, 2.05) is 0 Å². The van der Waals surface area contributed by atoms with Gasteiger partial charge in [-0.3, -0.25) is 0 Å². The molecule has 0 spiro atoms. The lowest BCUT2D eigenvalue weighted by Gasteiger charge is -2.30. The van der Waals surface area contributed by atoms with Crippen molar-refractivity contribution in [3.05, 3.63) is 211 Å². The third-order valence-electron chi connectivity index (χ3n) is 11.5. The molecule has 1 unspecified atom stereocenters. The summed E-state index contributed by atoms with van der Waals surface area (Å²) in [6, 6.07) is 68.9. The van der Waals surface area contributed by atoms with Crippen molar-refractivity contribution in [3.63, 3.8) is 0 Å². The van der Waals surface area contributed by atoms with E-state index >= 15 is 0 Å². The first-order valence-electron chi connectivity index (χ1n) is 18.9. The summed E-state index contributed by atoms with van der Waals surface area (Å²) in [5, 5.41) is 5.10. The van der Waals surface area contributed by atoms with Crippen LogP contribution in [0.15, 0.2) is 200 Å². The predicted octanol–water partition coefficient (Wildman–Crippen LogP) is 13.7. The number of fused-ring (bicyclic) bond motifs is 7. The molecule has 2 heteroatoms. The van der Waals surface area contributed by atoms with Crippen LogP contribution in [-0.4, -0.2) is 10.6 Å². The Kier molecular flexibility index (Phi) is 7.03. The van der Waals surface area contributed by atoms with Gasteiger partial charge in [-0.1, -0.05) is 146 Å². The molecular formula is C52H36N2. The zero-order chi connectivity index (χ0) is 35.6. The van der Waals surface area contributed by atoms with Gasteiger partial charge in [0.05, 0.1) is 17.1 Å². The molecule has 8 aromatic carbocycles. The monoisotopic (exact) mass is 688 g/mol. The maximum Gasteiger partial charge on any atom is 0.0633 e. The van der Waals surface area contributed by atoms with Crippen LogP contribution in [0, 0.1) is 0 Å². The molecule has 0 N–H and O–H groups in total. The first kappa shape index (κ1) is 30.7. The summed E-state index contributed by atoms with van der Waals surface area (Å²) in [4.78, 5) is 2.57. The quantitative estimate of drug-likeness (QED) is 0.175. The molecule has 54 heavy (non-hydrogen) atoms. The molecule has 2 aliphatic rings. The molecule has 0 saturated heterocycles. The molecule has 9 aromatic rings. The number of benzene rings is 8. The molecule has 0 amide bonds. The third-order valence-corrected chi connectivity index (χ3v) is 11.5. The van der Waals surface area contributed by atoms with Gasteiger partial charge < -0.3 is 9.47 Å². The van der Waals surface area contributed by atoms with Gasteiger partial charge in [0.1, 0.15) is 0 Å². The first-order valence-corrected chi connectivity index (χ1v) is 18.9. The Bertz CT molecular complexity index is 2960. The van der Waals surface area contributed by atoms with Gasteiger partial charge in [0.25, 0.3) is 0 Å². The highest BCUT2D eigenvalue weighted by atomic mass is 15.2. The van der Waals surface area contributed by atoms with E-state index in [4.69, 9.17) is 0 Å². The van der Waals surface area contributed by atoms with E-state index in [9.17, 15) is 0 Å². The van der Waals surface area contributed by atoms with Crippen molar-refractivity contribution >= 4 is 55.1 Å². The van der Waals surface area contributed by atoms with Gasteiger partial charge in [0.15, 0.2) is 0 Å². The van der Waals surface area contributed by atoms with Gasteiger partial charge in [0.2, 0.25) is 0 Å². The zero-order valence-electron chi connectivity index (χ0n) is 29.7. The highest BCUT2D eigenvalue weighted by Gasteiger charge is 2.36. The van der Waals surface area contributed by atoms with E-state index in [1.54, 1.807) is 0 Å². The lowest BCUT2D eigenvalue weighted by molar-refractivity contribution is 0.834. The minimum Gasteiger partial charge on any atom is -0.332 e. The number of rotatable bonds is 5. The number of hydrogen-bond acceptors (Lipinski definition) is 1. The highest BCUT2D eigenvalue weighted by Crippen LogP contribution is 2.50. The molecule has 0 radical (unpaired) electrons. The van der Waals surface area contributed by atoms with E-state index in [0.717, 1.165) is 12.1 Å². The number of para-hydroxylation sites is 2. The molecule has 1 aliphatic heterocycles. The number of allylic oxidation sites excluding steroid dienone is 2. The van der Waals surface area contributed by atoms with Gasteiger partial charge in [-0.05, 0) is 105 Å². The molecule has 11 rings (SSSR count). The van der Waals surface area contributed by atoms with E-state index in [-0.39, 0.29) is 6.04 Å². The number of nitrogens with zero attached hydrogens (tertiary/aromatic N) is 2. The largest absolute Gasteiger partial charge is 0.332 e. The van der Waals surface area contributed by atoms with Gasteiger partial charge in [0, 0.05) is 38.8 Å². The Hall–Kier alpha value is -6.90. The van der Waals surface area contributed by atoms with Crippen LogP contribution >= 0.6 is 0 Å². The van der Waals surface area contributed by atoms with Crippen LogP contribution < -0.4 is 4.90 Å². The molecule has 254 valence electrons. The molecule has 0 fully saturated rings. The van der Waals surface area contributed by atoms with Gasteiger partial charge in [-0.2, -0.15) is 0 Å². The lowest BCUT2D eigenvalue weighted by atomic mass is 9.89. The molecule has 0 saturated carbocycles. The summed E-state index contributed by atoms with van der Waals surface area (Å²) >= 11 is 0. The summed E-state index contributed by atoms with van der Waals surface area (Å²) in [7, 11) is 0. The van der Waals surface area contributed by atoms with Crippen molar-refractivity contribution in [2.24, 2.45) is 0 Å². The van der Waals surface area contributed by atoms with Crippen LogP contribution in [0.3, 0.4) is 0 Å². The number of anilines is 2. The number of aromatic nitrogens is 1. The lowest BCUT2D eigenvalue weighted by Crippen LogP contribution is -2.27. The Morgan fingerprint density at radius 2 is 1.06 bits per heavy atom. The van der Waals surface area contributed by atoms with Crippen LogP contribution in [-0.2, 0) is 0 Å². The molecule has 1 aliphatic carbocycles. The SMILES string of the molecule is C1=C(c2ccc3c(c2)c2ccccc2n3-c2ccc(-c3cccc(-c4ccccc4)c3)cc2)C=C2c3ccccc3N(c3cccc4ccccc34)C2C1. The fourth-order valence-electron chi connectivity index (χ4n) is 8.95. The fourth-order valence-corrected chi connectivity index (χ4v) is 8.95. The first-order chi connectivity index (χ1) is 26.8. The number of hydrogen-bond donors (Lipinski definition) is 0.